The van der Waals surface area contributed by atoms with E-state index in [0.29, 0.717) is 6.42 Å². The highest BCUT2D eigenvalue weighted by Crippen LogP contribution is 2.26. The maximum atomic E-state index is 8.86. The fourth-order valence-electron chi connectivity index (χ4n) is 2.32. The largest absolute Gasteiger partial charge is 0.326 e. The monoisotopic (exact) mass is 259 g/mol. The minimum Gasteiger partial charge on any atom is -0.326 e. The van der Waals surface area contributed by atoms with Gasteiger partial charge in [-0.05, 0) is 32.9 Å². The quantitative estimate of drug-likeness (QED) is 0.854. The summed E-state index contributed by atoms with van der Waals surface area (Å²) in [6, 6.07) is 11.2. The Morgan fingerprint density at radius 2 is 1.89 bits per heavy atom. The molecule has 1 rings (SSSR count). The highest BCUT2D eigenvalue weighted by atomic mass is 15.2. The molecule has 0 spiro atoms. The van der Waals surface area contributed by atoms with Gasteiger partial charge in [-0.25, -0.2) is 0 Å². The first-order valence-corrected chi connectivity index (χ1v) is 6.92. The SMILES string of the molecule is CCC(N)C(c1ccc(C)cc1)N(C)C(C)CC#N. The first-order valence-electron chi connectivity index (χ1n) is 6.92. The van der Waals surface area contributed by atoms with Gasteiger partial charge in [-0.2, -0.15) is 5.26 Å². The van der Waals surface area contributed by atoms with Crippen molar-refractivity contribution in [3.05, 3.63) is 35.4 Å². The fraction of sp³-hybridized carbons (Fsp3) is 0.562. The molecule has 0 saturated heterocycles. The number of nitrogens with two attached hydrogens (primary N) is 1. The van der Waals surface area contributed by atoms with Crippen LogP contribution in [0.3, 0.4) is 0 Å². The molecule has 3 nitrogen and oxygen atoms in total. The molecule has 3 heteroatoms. The third kappa shape index (κ3) is 4.05. The molecular weight excluding hydrogens is 234 g/mol. The van der Waals surface area contributed by atoms with Gasteiger partial charge in [0.15, 0.2) is 0 Å². The van der Waals surface area contributed by atoms with Crippen molar-refractivity contribution in [1.82, 2.24) is 4.90 Å². The van der Waals surface area contributed by atoms with E-state index >= 15 is 0 Å². The van der Waals surface area contributed by atoms with Gasteiger partial charge in [0.25, 0.3) is 0 Å². The molecule has 1 aromatic carbocycles. The molecule has 0 aliphatic heterocycles. The van der Waals surface area contributed by atoms with Gasteiger partial charge >= 0.3 is 0 Å². The minimum absolute atomic E-state index is 0.0776. The lowest BCUT2D eigenvalue weighted by atomic mass is 9.94. The molecule has 3 atom stereocenters. The van der Waals surface area contributed by atoms with Crippen molar-refractivity contribution in [2.75, 3.05) is 7.05 Å². The van der Waals surface area contributed by atoms with Gasteiger partial charge in [0.05, 0.1) is 12.5 Å². The smallest absolute Gasteiger partial charge is 0.0638 e. The van der Waals surface area contributed by atoms with Crippen molar-refractivity contribution in [2.24, 2.45) is 5.73 Å². The van der Waals surface area contributed by atoms with E-state index in [2.05, 4.69) is 63.1 Å². The normalized spacial score (nSPS) is 15.8. The summed E-state index contributed by atoms with van der Waals surface area (Å²) in [5, 5.41) is 8.86. The second-order valence-electron chi connectivity index (χ2n) is 5.30. The number of aryl methyl sites for hydroxylation is 1. The van der Waals surface area contributed by atoms with E-state index < -0.39 is 0 Å². The Kier molecular flexibility index (Phi) is 6.01. The van der Waals surface area contributed by atoms with Gasteiger partial charge in [-0.1, -0.05) is 36.8 Å². The summed E-state index contributed by atoms with van der Waals surface area (Å²) in [5.41, 5.74) is 8.78. The first-order chi connectivity index (χ1) is 9.01. The highest BCUT2D eigenvalue weighted by Gasteiger charge is 2.26. The maximum absolute atomic E-state index is 8.86. The number of rotatable bonds is 6. The molecule has 0 heterocycles. The minimum atomic E-state index is 0.0776. The summed E-state index contributed by atoms with van der Waals surface area (Å²) in [7, 11) is 2.06. The van der Waals surface area contributed by atoms with E-state index in [-0.39, 0.29) is 18.1 Å². The molecule has 1 aromatic rings. The van der Waals surface area contributed by atoms with Crippen molar-refractivity contribution >= 4 is 0 Å². The van der Waals surface area contributed by atoms with Crippen LogP contribution < -0.4 is 5.73 Å². The summed E-state index contributed by atoms with van der Waals surface area (Å²) in [6.07, 6.45) is 1.44. The van der Waals surface area contributed by atoms with Gasteiger partial charge in [0.1, 0.15) is 0 Å². The number of benzene rings is 1. The molecule has 3 unspecified atom stereocenters. The Bertz CT molecular complexity index is 419. The topological polar surface area (TPSA) is 53.0 Å². The molecule has 0 bridgehead atoms. The Labute approximate surface area is 117 Å². The molecule has 104 valence electrons. The average Bonchev–Trinajstić information content (AvgIpc) is 2.41. The number of likely N-dealkylation sites (N-methyl/N-ethyl adjacent to an activating group) is 1. The molecule has 0 amide bonds. The molecule has 0 saturated carbocycles. The molecule has 0 radical (unpaired) electrons. The Morgan fingerprint density at radius 3 is 2.37 bits per heavy atom. The maximum Gasteiger partial charge on any atom is 0.0638 e. The van der Waals surface area contributed by atoms with Crippen molar-refractivity contribution in [3.8, 4) is 6.07 Å². The predicted molar refractivity (Wildman–Crippen MR) is 79.6 cm³/mol. The first kappa shape index (κ1) is 15.7. The van der Waals surface area contributed by atoms with E-state index in [1.807, 2.05) is 0 Å². The van der Waals surface area contributed by atoms with Gasteiger partial charge in [-0.3, -0.25) is 4.90 Å². The van der Waals surface area contributed by atoms with Crippen LogP contribution in [0.5, 0.6) is 0 Å². The summed E-state index contributed by atoms with van der Waals surface area (Å²) in [4.78, 5) is 2.22. The second-order valence-corrected chi connectivity index (χ2v) is 5.30. The van der Waals surface area contributed by atoms with E-state index in [9.17, 15) is 0 Å². The Morgan fingerprint density at radius 1 is 1.32 bits per heavy atom. The van der Waals surface area contributed by atoms with Crippen molar-refractivity contribution in [1.29, 1.82) is 5.26 Å². The number of hydrogen-bond acceptors (Lipinski definition) is 3. The van der Waals surface area contributed by atoms with Crippen LogP contribution in [0.15, 0.2) is 24.3 Å². The van der Waals surface area contributed by atoms with Crippen LogP contribution in [0, 0.1) is 18.3 Å². The van der Waals surface area contributed by atoms with Gasteiger partial charge in [0, 0.05) is 18.1 Å². The zero-order valence-electron chi connectivity index (χ0n) is 12.4. The number of hydrogen-bond donors (Lipinski definition) is 1. The predicted octanol–water partition coefficient (Wildman–Crippen LogP) is 3.01. The molecular formula is C16H25N3. The van der Waals surface area contributed by atoms with Crippen molar-refractivity contribution < 1.29 is 0 Å². The van der Waals surface area contributed by atoms with Gasteiger partial charge in [-0.15, -0.1) is 0 Å². The van der Waals surface area contributed by atoms with E-state index in [1.165, 1.54) is 11.1 Å². The third-order valence-corrected chi connectivity index (χ3v) is 3.82. The number of nitriles is 1. The van der Waals surface area contributed by atoms with Gasteiger partial charge in [0.2, 0.25) is 0 Å². The highest BCUT2D eigenvalue weighted by molar-refractivity contribution is 5.25. The summed E-state index contributed by atoms with van der Waals surface area (Å²) < 4.78 is 0. The average molecular weight is 259 g/mol. The summed E-state index contributed by atoms with van der Waals surface area (Å²) in [5.74, 6) is 0. The summed E-state index contributed by atoms with van der Waals surface area (Å²) >= 11 is 0. The lowest BCUT2D eigenvalue weighted by Gasteiger charge is -2.36. The Hall–Kier alpha value is -1.37. The molecule has 0 aliphatic rings. The van der Waals surface area contributed by atoms with Crippen LogP contribution in [0.4, 0.5) is 0 Å². The van der Waals surface area contributed by atoms with Crippen molar-refractivity contribution in [2.45, 2.75) is 51.7 Å². The molecule has 0 aromatic heterocycles. The van der Waals surface area contributed by atoms with Crippen LogP contribution in [0.2, 0.25) is 0 Å². The second kappa shape index (κ2) is 7.28. The van der Waals surface area contributed by atoms with Crippen LogP contribution >= 0.6 is 0 Å². The van der Waals surface area contributed by atoms with E-state index in [4.69, 9.17) is 11.0 Å². The van der Waals surface area contributed by atoms with Crippen LogP contribution in [-0.4, -0.2) is 24.0 Å². The van der Waals surface area contributed by atoms with E-state index in [0.717, 1.165) is 6.42 Å². The van der Waals surface area contributed by atoms with Crippen LogP contribution in [-0.2, 0) is 0 Å². The summed E-state index contributed by atoms with van der Waals surface area (Å²) in [6.45, 7) is 6.27. The number of nitrogens with zero attached hydrogens (tertiary/aromatic N) is 2. The zero-order chi connectivity index (χ0) is 14.4. The van der Waals surface area contributed by atoms with Crippen molar-refractivity contribution in [3.63, 3.8) is 0 Å². The molecule has 2 N–H and O–H groups in total. The molecule has 0 fully saturated rings. The zero-order valence-corrected chi connectivity index (χ0v) is 12.4. The van der Waals surface area contributed by atoms with E-state index in [1.54, 1.807) is 0 Å². The third-order valence-electron chi connectivity index (χ3n) is 3.82. The Balaban J connectivity index is 3.01. The molecule has 0 aliphatic carbocycles. The fourth-order valence-corrected chi connectivity index (χ4v) is 2.32. The lowest BCUT2D eigenvalue weighted by molar-refractivity contribution is 0.160. The van der Waals surface area contributed by atoms with Gasteiger partial charge < -0.3 is 5.73 Å². The standard InChI is InChI=1S/C16H25N3/c1-5-15(18)16(19(4)13(3)10-11-17)14-8-6-12(2)7-9-14/h6-9,13,15-16H,5,10,18H2,1-4H3. The molecule has 19 heavy (non-hydrogen) atoms. The van der Waals surface area contributed by atoms with Crippen LogP contribution in [0.1, 0.15) is 43.9 Å². The van der Waals surface area contributed by atoms with Crippen LogP contribution in [0.25, 0.3) is 0 Å². The lowest BCUT2D eigenvalue weighted by Crippen LogP contribution is -2.42.